The van der Waals surface area contributed by atoms with E-state index in [1.807, 2.05) is 42.5 Å². The Balaban J connectivity index is 1.63. The van der Waals surface area contributed by atoms with Gasteiger partial charge in [0.05, 0.1) is 31.9 Å². The third-order valence-corrected chi connectivity index (χ3v) is 4.25. The van der Waals surface area contributed by atoms with Crippen LogP contribution in [-0.2, 0) is 4.74 Å². The Morgan fingerprint density at radius 1 is 0.963 bits per heavy atom. The first-order valence-corrected chi connectivity index (χ1v) is 8.62. The lowest BCUT2D eigenvalue weighted by atomic mass is 10.2. The van der Waals surface area contributed by atoms with Crippen LogP contribution in [0.4, 0.5) is 0 Å². The van der Waals surface area contributed by atoms with Crippen molar-refractivity contribution in [3.63, 3.8) is 0 Å². The van der Waals surface area contributed by atoms with Crippen molar-refractivity contribution in [2.75, 3.05) is 20.8 Å². The first-order chi connectivity index (χ1) is 13.1. The summed E-state index contributed by atoms with van der Waals surface area (Å²) in [6.45, 7) is 0.418. The van der Waals surface area contributed by atoms with Crippen molar-refractivity contribution in [2.45, 2.75) is 12.8 Å². The number of rotatable bonds is 7. The van der Waals surface area contributed by atoms with E-state index in [1.54, 1.807) is 19.4 Å². The molecule has 0 atom stereocenters. The van der Waals surface area contributed by atoms with Crippen LogP contribution < -0.4 is 9.47 Å². The number of hydrogen-bond acceptors (Lipinski definition) is 5. The summed E-state index contributed by atoms with van der Waals surface area (Å²) in [5.74, 6) is 0.932. The van der Waals surface area contributed by atoms with Crippen LogP contribution in [0.2, 0.25) is 0 Å². The van der Waals surface area contributed by atoms with Gasteiger partial charge < -0.3 is 14.2 Å². The van der Waals surface area contributed by atoms with Crippen molar-refractivity contribution in [1.82, 2.24) is 4.57 Å². The van der Waals surface area contributed by atoms with E-state index in [-0.39, 0.29) is 5.91 Å². The molecule has 3 aromatic rings. The van der Waals surface area contributed by atoms with Crippen LogP contribution in [0.15, 0.2) is 54.7 Å². The molecule has 140 valence electrons. The Morgan fingerprint density at radius 2 is 1.67 bits per heavy atom. The molecular formula is C21H21NO5. The second kappa shape index (κ2) is 8.40. The molecule has 0 bridgehead atoms. The lowest BCUT2D eigenvalue weighted by molar-refractivity contribution is 0.0603. The fourth-order valence-electron chi connectivity index (χ4n) is 2.86. The molecule has 0 aliphatic rings. The highest BCUT2D eigenvalue weighted by Crippen LogP contribution is 2.23. The second-order valence-electron chi connectivity index (χ2n) is 5.94. The molecule has 0 unspecified atom stereocenters. The molecular weight excluding hydrogens is 346 g/mol. The Morgan fingerprint density at radius 3 is 2.37 bits per heavy atom. The number of nitrogens with zero attached hydrogens (tertiary/aromatic N) is 1. The van der Waals surface area contributed by atoms with Crippen LogP contribution >= 0.6 is 0 Å². The minimum atomic E-state index is -0.458. The summed E-state index contributed by atoms with van der Waals surface area (Å²) >= 11 is 0. The van der Waals surface area contributed by atoms with Gasteiger partial charge in [0.1, 0.15) is 11.5 Å². The number of aromatic nitrogens is 1. The Kier molecular flexibility index (Phi) is 5.76. The maximum absolute atomic E-state index is 12.6. The molecule has 6 nitrogen and oxygen atoms in total. The van der Waals surface area contributed by atoms with Crippen LogP contribution in [0.1, 0.15) is 28.0 Å². The SMILES string of the molecule is COC(=O)c1cn(C(=O)CCCOc2ccc(OC)cc2)c2ccccc12. The third kappa shape index (κ3) is 4.11. The molecule has 0 spiro atoms. The van der Waals surface area contributed by atoms with E-state index in [1.165, 1.54) is 11.7 Å². The van der Waals surface area contributed by atoms with E-state index in [0.29, 0.717) is 35.9 Å². The maximum atomic E-state index is 12.6. The van der Waals surface area contributed by atoms with Crippen molar-refractivity contribution >= 4 is 22.8 Å². The molecule has 0 radical (unpaired) electrons. The topological polar surface area (TPSA) is 66.8 Å². The summed E-state index contributed by atoms with van der Waals surface area (Å²) in [6, 6.07) is 14.6. The van der Waals surface area contributed by atoms with Crippen LogP contribution in [0.5, 0.6) is 11.5 Å². The summed E-state index contributed by atoms with van der Waals surface area (Å²) in [7, 11) is 2.94. The number of carbonyl (C=O) groups is 2. The number of methoxy groups -OCH3 is 2. The van der Waals surface area contributed by atoms with Gasteiger partial charge >= 0.3 is 5.97 Å². The molecule has 0 saturated heterocycles. The van der Waals surface area contributed by atoms with Gasteiger partial charge in [0.25, 0.3) is 0 Å². The largest absolute Gasteiger partial charge is 0.497 e. The normalized spacial score (nSPS) is 10.6. The van der Waals surface area contributed by atoms with E-state index in [0.717, 1.165) is 11.5 Å². The van der Waals surface area contributed by atoms with Gasteiger partial charge in [-0.3, -0.25) is 9.36 Å². The highest BCUT2D eigenvalue weighted by molar-refractivity contribution is 6.07. The zero-order valence-corrected chi connectivity index (χ0v) is 15.3. The van der Waals surface area contributed by atoms with Gasteiger partial charge in [-0.05, 0) is 36.8 Å². The van der Waals surface area contributed by atoms with Crippen molar-refractivity contribution in [1.29, 1.82) is 0 Å². The van der Waals surface area contributed by atoms with Crippen molar-refractivity contribution in [3.8, 4) is 11.5 Å². The standard InChI is InChI=1S/C21H21NO5/c1-25-15-9-11-16(12-10-15)27-13-5-8-20(23)22-14-18(21(24)26-2)17-6-3-4-7-19(17)22/h3-4,6-7,9-12,14H,5,8,13H2,1-2H3. The summed E-state index contributed by atoms with van der Waals surface area (Å²) < 4.78 is 17.1. The van der Waals surface area contributed by atoms with Gasteiger partial charge in [-0.1, -0.05) is 18.2 Å². The quantitative estimate of drug-likeness (QED) is 0.467. The van der Waals surface area contributed by atoms with Crippen LogP contribution in [0.25, 0.3) is 10.9 Å². The predicted octanol–water partition coefficient (Wildman–Crippen LogP) is 3.94. The third-order valence-electron chi connectivity index (χ3n) is 4.25. The van der Waals surface area contributed by atoms with E-state index in [4.69, 9.17) is 14.2 Å². The van der Waals surface area contributed by atoms with Gasteiger partial charge in [-0.25, -0.2) is 4.79 Å². The van der Waals surface area contributed by atoms with Crippen LogP contribution in [0.3, 0.4) is 0 Å². The lowest BCUT2D eigenvalue weighted by Gasteiger charge is -2.07. The Hall–Kier alpha value is -3.28. The molecule has 0 aliphatic heterocycles. The van der Waals surface area contributed by atoms with E-state index in [2.05, 4.69) is 0 Å². The van der Waals surface area contributed by atoms with Crippen LogP contribution in [0, 0.1) is 0 Å². The molecule has 0 fully saturated rings. The van der Waals surface area contributed by atoms with E-state index in [9.17, 15) is 9.59 Å². The molecule has 2 aromatic carbocycles. The number of ether oxygens (including phenoxy) is 3. The highest BCUT2D eigenvalue weighted by atomic mass is 16.5. The number of esters is 1. The molecule has 0 amide bonds. The second-order valence-corrected chi connectivity index (χ2v) is 5.94. The molecule has 1 aromatic heterocycles. The number of benzene rings is 2. The number of fused-ring (bicyclic) bond motifs is 1. The molecule has 1 heterocycles. The van der Waals surface area contributed by atoms with Gasteiger partial charge in [0.15, 0.2) is 0 Å². The first kappa shape index (κ1) is 18.5. The summed E-state index contributed by atoms with van der Waals surface area (Å²) in [5.41, 5.74) is 1.08. The zero-order valence-electron chi connectivity index (χ0n) is 15.3. The number of carbonyl (C=O) groups excluding carboxylic acids is 2. The van der Waals surface area contributed by atoms with Gasteiger partial charge in [0, 0.05) is 18.0 Å². The summed E-state index contributed by atoms with van der Waals surface area (Å²) in [4.78, 5) is 24.6. The highest BCUT2D eigenvalue weighted by Gasteiger charge is 2.18. The first-order valence-electron chi connectivity index (χ1n) is 8.62. The minimum absolute atomic E-state index is 0.0975. The lowest BCUT2D eigenvalue weighted by Crippen LogP contribution is -2.11. The molecule has 3 rings (SSSR count). The van der Waals surface area contributed by atoms with Gasteiger partial charge in [0.2, 0.25) is 5.91 Å². The number of hydrogen-bond donors (Lipinski definition) is 0. The fraction of sp³-hybridized carbons (Fsp3) is 0.238. The Bertz CT molecular complexity index is 943. The van der Waals surface area contributed by atoms with Crippen LogP contribution in [-0.4, -0.2) is 37.3 Å². The van der Waals surface area contributed by atoms with E-state index >= 15 is 0 Å². The average molecular weight is 367 g/mol. The van der Waals surface area contributed by atoms with Crippen molar-refractivity contribution < 1.29 is 23.8 Å². The monoisotopic (exact) mass is 367 g/mol. The molecule has 0 saturated carbocycles. The number of para-hydroxylation sites is 1. The van der Waals surface area contributed by atoms with E-state index < -0.39 is 5.97 Å². The van der Waals surface area contributed by atoms with Gasteiger partial charge in [-0.2, -0.15) is 0 Å². The fourth-order valence-corrected chi connectivity index (χ4v) is 2.86. The zero-order chi connectivity index (χ0) is 19.2. The molecule has 6 heteroatoms. The minimum Gasteiger partial charge on any atom is -0.497 e. The Labute approximate surface area is 157 Å². The maximum Gasteiger partial charge on any atom is 0.340 e. The smallest absolute Gasteiger partial charge is 0.340 e. The summed E-state index contributed by atoms with van der Waals surface area (Å²) in [5, 5.41) is 0.701. The molecule has 27 heavy (non-hydrogen) atoms. The molecule has 0 aliphatic carbocycles. The van der Waals surface area contributed by atoms with Crippen molar-refractivity contribution in [3.05, 3.63) is 60.3 Å². The predicted molar refractivity (Wildman–Crippen MR) is 102 cm³/mol. The molecule has 0 N–H and O–H groups in total. The summed E-state index contributed by atoms with van der Waals surface area (Å²) in [6.07, 6.45) is 2.41. The van der Waals surface area contributed by atoms with Crippen molar-refractivity contribution in [2.24, 2.45) is 0 Å². The average Bonchev–Trinajstić information content (AvgIpc) is 3.11. The van der Waals surface area contributed by atoms with Gasteiger partial charge in [-0.15, -0.1) is 0 Å².